The van der Waals surface area contributed by atoms with Gasteiger partial charge in [-0.3, -0.25) is 9.69 Å². The molecule has 0 radical (unpaired) electrons. The quantitative estimate of drug-likeness (QED) is 0.677. The number of carbonyl (C=O) groups is 1. The van der Waals surface area contributed by atoms with Crippen LogP contribution in [0.3, 0.4) is 0 Å². The van der Waals surface area contributed by atoms with E-state index in [1.165, 1.54) is 0 Å². The minimum atomic E-state index is -0.565. The second-order valence-corrected chi connectivity index (χ2v) is 5.65. The number of β-amino-alcohol motifs (C(OH)–C–C–N with tert-alkyl or cyclic N) is 2. The van der Waals surface area contributed by atoms with Crippen LogP contribution in [-0.4, -0.2) is 66.5 Å². The first-order valence-electron chi connectivity index (χ1n) is 7.55. The van der Waals surface area contributed by atoms with E-state index >= 15 is 0 Å². The van der Waals surface area contributed by atoms with Crippen LogP contribution in [0.5, 0.6) is 5.75 Å². The number of hydrogen-bond donors (Lipinski definition) is 3. The predicted octanol–water partition coefficient (Wildman–Crippen LogP) is -0.219. The Morgan fingerprint density at radius 1 is 1.32 bits per heavy atom. The van der Waals surface area contributed by atoms with Crippen molar-refractivity contribution in [3.8, 4) is 5.75 Å². The summed E-state index contributed by atoms with van der Waals surface area (Å²) < 4.78 is 5.27. The van der Waals surface area contributed by atoms with Crippen molar-refractivity contribution in [3.05, 3.63) is 29.8 Å². The number of nitrogens with zero attached hydrogens (tertiary/aromatic N) is 1. The van der Waals surface area contributed by atoms with E-state index < -0.39 is 12.2 Å². The van der Waals surface area contributed by atoms with E-state index in [4.69, 9.17) is 4.74 Å². The van der Waals surface area contributed by atoms with Crippen molar-refractivity contribution in [1.82, 2.24) is 10.2 Å². The fourth-order valence-electron chi connectivity index (χ4n) is 2.77. The summed E-state index contributed by atoms with van der Waals surface area (Å²) in [5.41, 5.74) is 1.05. The van der Waals surface area contributed by atoms with Crippen molar-refractivity contribution >= 4 is 5.91 Å². The minimum absolute atomic E-state index is 0.101. The Labute approximate surface area is 130 Å². The number of piperidine rings is 1. The van der Waals surface area contributed by atoms with Crippen LogP contribution < -0.4 is 10.1 Å². The number of aliphatic hydroxyl groups is 2. The fourth-order valence-corrected chi connectivity index (χ4v) is 2.77. The number of carbonyl (C=O) groups excluding carboxylic acids is 1. The number of likely N-dealkylation sites (tertiary alicyclic amines) is 1. The molecule has 1 heterocycles. The number of nitrogens with one attached hydrogen (secondary N) is 1. The third-order valence-electron chi connectivity index (χ3n) is 3.76. The maximum absolute atomic E-state index is 11.9. The van der Waals surface area contributed by atoms with Gasteiger partial charge in [0.05, 0.1) is 25.9 Å². The smallest absolute Gasteiger partial charge is 0.234 e. The first kappa shape index (κ1) is 16.7. The van der Waals surface area contributed by atoms with Gasteiger partial charge < -0.3 is 20.3 Å². The minimum Gasteiger partial charge on any atom is -0.496 e. The average molecular weight is 308 g/mol. The summed E-state index contributed by atoms with van der Waals surface area (Å²) in [6.07, 6.45) is -0.0531. The van der Waals surface area contributed by atoms with Gasteiger partial charge >= 0.3 is 0 Å². The van der Waals surface area contributed by atoms with Crippen molar-refractivity contribution in [1.29, 1.82) is 0 Å². The van der Waals surface area contributed by atoms with E-state index in [2.05, 4.69) is 5.32 Å². The highest BCUT2D eigenvalue weighted by molar-refractivity contribution is 5.78. The monoisotopic (exact) mass is 308 g/mol. The Balaban J connectivity index is 1.74. The second-order valence-electron chi connectivity index (χ2n) is 5.65. The maximum atomic E-state index is 11.9. The van der Waals surface area contributed by atoms with Crippen LogP contribution in [-0.2, 0) is 11.2 Å². The molecular weight excluding hydrogens is 284 g/mol. The molecule has 1 amide bonds. The largest absolute Gasteiger partial charge is 0.496 e. The molecule has 0 aliphatic carbocycles. The number of hydrogen-bond acceptors (Lipinski definition) is 5. The van der Waals surface area contributed by atoms with Crippen molar-refractivity contribution in [2.24, 2.45) is 0 Å². The number of aliphatic hydroxyl groups excluding tert-OH is 2. The second kappa shape index (κ2) is 8.12. The lowest BCUT2D eigenvalue weighted by molar-refractivity contribution is -0.123. The molecule has 1 aliphatic rings. The van der Waals surface area contributed by atoms with E-state index in [1.807, 2.05) is 24.3 Å². The molecule has 0 aromatic heterocycles. The number of para-hydroxylation sites is 1. The molecule has 3 N–H and O–H groups in total. The SMILES string of the molecule is COc1ccccc1CCNC(=O)CN1C[C@H](O)C[C@@H](O)C1. The first-order valence-corrected chi connectivity index (χ1v) is 7.55. The standard InChI is InChI=1S/C16H24N2O4/c1-22-15-5-3-2-4-12(15)6-7-17-16(21)11-18-9-13(19)8-14(20)10-18/h2-5,13-14,19-20H,6-11H2,1H3,(H,17,21)/t13-,14-/m1/s1. The highest BCUT2D eigenvalue weighted by Gasteiger charge is 2.25. The number of benzene rings is 1. The van der Waals surface area contributed by atoms with Crippen LogP contribution >= 0.6 is 0 Å². The first-order chi connectivity index (χ1) is 10.6. The molecule has 0 saturated carbocycles. The summed E-state index contributed by atoms with van der Waals surface area (Å²) in [6, 6.07) is 7.72. The number of methoxy groups -OCH3 is 1. The number of amides is 1. The lowest BCUT2D eigenvalue weighted by Crippen LogP contribution is -2.49. The van der Waals surface area contributed by atoms with Crippen LogP contribution in [0.4, 0.5) is 0 Å². The van der Waals surface area contributed by atoms with E-state index in [-0.39, 0.29) is 12.5 Å². The maximum Gasteiger partial charge on any atom is 0.234 e. The van der Waals surface area contributed by atoms with Gasteiger partial charge in [-0.15, -0.1) is 0 Å². The molecule has 1 saturated heterocycles. The molecule has 0 spiro atoms. The molecule has 22 heavy (non-hydrogen) atoms. The molecule has 6 heteroatoms. The van der Waals surface area contributed by atoms with Gasteiger partial charge in [-0.1, -0.05) is 18.2 Å². The molecule has 1 fully saturated rings. The molecule has 1 aliphatic heterocycles. The zero-order chi connectivity index (χ0) is 15.9. The van der Waals surface area contributed by atoms with Gasteiger partial charge in [-0.05, 0) is 18.1 Å². The number of rotatable bonds is 6. The Bertz CT molecular complexity index is 485. The van der Waals surface area contributed by atoms with Gasteiger partial charge in [-0.2, -0.15) is 0 Å². The normalized spacial score (nSPS) is 22.3. The molecule has 1 aromatic rings. The Hall–Kier alpha value is -1.63. The van der Waals surface area contributed by atoms with Gasteiger partial charge in [0, 0.05) is 26.1 Å². The summed E-state index contributed by atoms with van der Waals surface area (Å²) in [5, 5.41) is 22.1. The van der Waals surface area contributed by atoms with Crippen LogP contribution in [0.2, 0.25) is 0 Å². The topological polar surface area (TPSA) is 82.0 Å². The van der Waals surface area contributed by atoms with Gasteiger partial charge in [0.1, 0.15) is 5.75 Å². The Morgan fingerprint density at radius 2 is 2.00 bits per heavy atom. The van der Waals surface area contributed by atoms with E-state index in [0.29, 0.717) is 32.5 Å². The Morgan fingerprint density at radius 3 is 2.68 bits per heavy atom. The highest BCUT2D eigenvalue weighted by Crippen LogP contribution is 2.17. The molecule has 0 unspecified atom stereocenters. The summed E-state index contributed by atoms with van der Waals surface area (Å²) >= 11 is 0. The van der Waals surface area contributed by atoms with Crippen molar-refractivity contribution in [2.75, 3.05) is 33.3 Å². The lowest BCUT2D eigenvalue weighted by Gasteiger charge is -2.32. The van der Waals surface area contributed by atoms with Crippen LogP contribution in [0.1, 0.15) is 12.0 Å². The molecule has 2 atom stereocenters. The van der Waals surface area contributed by atoms with Crippen molar-refractivity contribution in [3.63, 3.8) is 0 Å². The Kier molecular flexibility index (Phi) is 6.18. The summed E-state index contributed by atoms with van der Waals surface area (Å²) in [7, 11) is 1.63. The summed E-state index contributed by atoms with van der Waals surface area (Å²) in [4.78, 5) is 13.7. The van der Waals surface area contributed by atoms with E-state index in [0.717, 1.165) is 11.3 Å². The highest BCUT2D eigenvalue weighted by atomic mass is 16.5. The van der Waals surface area contributed by atoms with E-state index in [9.17, 15) is 15.0 Å². The third-order valence-corrected chi connectivity index (χ3v) is 3.76. The van der Waals surface area contributed by atoms with Crippen LogP contribution in [0, 0.1) is 0 Å². The zero-order valence-corrected chi connectivity index (χ0v) is 12.9. The summed E-state index contributed by atoms with van der Waals surface area (Å²) in [6.45, 7) is 1.58. The zero-order valence-electron chi connectivity index (χ0n) is 12.9. The van der Waals surface area contributed by atoms with Gasteiger partial charge in [0.2, 0.25) is 5.91 Å². The summed E-state index contributed by atoms with van der Waals surface area (Å²) in [5.74, 6) is 0.718. The lowest BCUT2D eigenvalue weighted by atomic mass is 10.1. The van der Waals surface area contributed by atoms with Gasteiger partial charge in [-0.25, -0.2) is 0 Å². The molecule has 2 rings (SSSR count). The van der Waals surface area contributed by atoms with Crippen LogP contribution in [0.15, 0.2) is 24.3 Å². The molecule has 6 nitrogen and oxygen atoms in total. The number of ether oxygens (including phenoxy) is 1. The molecule has 122 valence electrons. The van der Waals surface area contributed by atoms with Crippen molar-refractivity contribution in [2.45, 2.75) is 25.0 Å². The molecule has 1 aromatic carbocycles. The van der Waals surface area contributed by atoms with Gasteiger partial charge in [0.15, 0.2) is 0 Å². The fraction of sp³-hybridized carbons (Fsp3) is 0.562. The predicted molar refractivity (Wildman–Crippen MR) is 82.8 cm³/mol. The molecule has 0 bridgehead atoms. The van der Waals surface area contributed by atoms with E-state index in [1.54, 1.807) is 12.0 Å². The third kappa shape index (κ3) is 4.98. The molecular formula is C16H24N2O4. The van der Waals surface area contributed by atoms with Crippen molar-refractivity contribution < 1.29 is 19.7 Å². The average Bonchev–Trinajstić information content (AvgIpc) is 2.46. The van der Waals surface area contributed by atoms with Gasteiger partial charge in [0.25, 0.3) is 0 Å². The van der Waals surface area contributed by atoms with Crippen LogP contribution in [0.25, 0.3) is 0 Å².